The number of hydrogen-bond acceptors (Lipinski definition) is 4. The van der Waals surface area contributed by atoms with Gasteiger partial charge in [-0.1, -0.05) is 19.3 Å². The largest absolute Gasteiger partial charge is 0.394 e. The quantitative estimate of drug-likeness (QED) is 0.522. The molecule has 0 spiro atoms. The highest BCUT2D eigenvalue weighted by atomic mass is 16.4. The summed E-state index contributed by atoms with van der Waals surface area (Å²) in [5, 5.41) is 27.4. The zero-order valence-corrected chi connectivity index (χ0v) is 9.18. The second-order valence-electron chi connectivity index (χ2n) is 4.61. The van der Waals surface area contributed by atoms with E-state index in [9.17, 15) is 10.2 Å². The van der Waals surface area contributed by atoms with Gasteiger partial charge >= 0.3 is 0 Å². The van der Waals surface area contributed by atoms with Gasteiger partial charge in [0.1, 0.15) is 6.10 Å². The molecular formula is C11H23NO3. The molecule has 90 valence electrons. The summed E-state index contributed by atoms with van der Waals surface area (Å²) in [5.74, 6) is 0.472. The molecule has 1 fully saturated rings. The lowest BCUT2D eigenvalue weighted by Crippen LogP contribution is -2.40. The summed E-state index contributed by atoms with van der Waals surface area (Å²) < 4.78 is 0. The van der Waals surface area contributed by atoms with E-state index in [2.05, 4.69) is 0 Å². The summed E-state index contributed by atoms with van der Waals surface area (Å²) in [5.41, 5.74) is 5.99. The summed E-state index contributed by atoms with van der Waals surface area (Å²) in [6, 6.07) is -0.0542. The molecular weight excluding hydrogens is 194 g/mol. The Morgan fingerprint density at radius 3 is 2.20 bits per heavy atom. The van der Waals surface area contributed by atoms with Gasteiger partial charge in [0.25, 0.3) is 0 Å². The first-order valence-electron chi connectivity index (χ1n) is 5.87. The molecule has 1 aliphatic carbocycles. The lowest BCUT2D eigenvalue weighted by atomic mass is 9.82. The van der Waals surface area contributed by atoms with Gasteiger partial charge in [0, 0.05) is 6.04 Å². The third-order valence-electron chi connectivity index (χ3n) is 3.40. The Bertz CT molecular complexity index is 171. The third-order valence-corrected chi connectivity index (χ3v) is 3.40. The predicted molar refractivity (Wildman–Crippen MR) is 58.3 cm³/mol. The predicted octanol–water partition coefficient (Wildman–Crippen LogP) is -0.00180. The molecule has 0 aliphatic heterocycles. The molecule has 1 saturated carbocycles. The van der Waals surface area contributed by atoms with Crippen molar-refractivity contribution < 1.29 is 15.3 Å². The lowest BCUT2D eigenvalue weighted by Gasteiger charge is -2.29. The Kier molecular flexibility index (Phi) is 5.53. The van der Waals surface area contributed by atoms with Crippen LogP contribution in [0.15, 0.2) is 0 Å². The Hall–Kier alpha value is -0.160. The molecule has 0 bridgehead atoms. The monoisotopic (exact) mass is 217 g/mol. The molecule has 3 atom stereocenters. The molecule has 0 saturated heterocycles. The van der Waals surface area contributed by atoms with E-state index in [0.717, 1.165) is 12.8 Å². The van der Waals surface area contributed by atoms with Gasteiger partial charge in [0.15, 0.2) is 0 Å². The molecule has 15 heavy (non-hydrogen) atoms. The van der Waals surface area contributed by atoms with E-state index < -0.39 is 18.8 Å². The zero-order valence-electron chi connectivity index (χ0n) is 9.18. The van der Waals surface area contributed by atoms with Gasteiger partial charge in [-0.25, -0.2) is 0 Å². The number of hydrogen-bond donors (Lipinski definition) is 4. The van der Waals surface area contributed by atoms with E-state index in [-0.39, 0.29) is 6.04 Å². The highest BCUT2D eigenvalue weighted by molar-refractivity contribution is 4.80. The minimum atomic E-state index is -1.06. The standard InChI is InChI=1S/C11H23NO3/c12-9(6-10(14)11(15)7-13)8-4-2-1-3-5-8/h8-11,13-15H,1-7,12H2. The lowest BCUT2D eigenvalue weighted by molar-refractivity contribution is -0.0235. The van der Waals surface area contributed by atoms with Crippen LogP contribution in [-0.4, -0.2) is 40.2 Å². The minimum absolute atomic E-state index is 0.0542. The van der Waals surface area contributed by atoms with Crippen LogP contribution >= 0.6 is 0 Å². The molecule has 4 nitrogen and oxygen atoms in total. The SMILES string of the molecule is NC(CC(O)C(O)CO)C1CCCCC1. The Balaban J connectivity index is 2.29. The van der Waals surface area contributed by atoms with Crippen LogP contribution in [0.4, 0.5) is 0 Å². The average Bonchev–Trinajstić information content (AvgIpc) is 2.29. The van der Waals surface area contributed by atoms with Crippen LogP contribution in [0.3, 0.4) is 0 Å². The first-order valence-corrected chi connectivity index (χ1v) is 5.87. The summed E-state index contributed by atoms with van der Waals surface area (Å²) in [6.45, 7) is -0.404. The molecule has 0 radical (unpaired) electrons. The second kappa shape index (κ2) is 6.43. The molecule has 1 aliphatic rings. The fraction of sp³-hybridized carbons (Fsp3) is 1.00. The average molecular weight is 217 g/mol. The van der Waals surface area contributed by atoms with Crippen molar-refractivity contribution in [3.8, 4) is 0 Å². The van der Waals surface area contributed by atoms with E-state index in [1.807, 2.05) is 0 Å². The maximum atomic E-state index is 9.53. The number of rotatable bonds is 5. The van der Waals surface area contributed by atoms with Gasteiger partial charge in [-0.2, -0.15) is 0 Å². The first kappa shape index (κ1) is 12.9. The van der Waals surface area contributed by atoms with Gasteiger partial charge < -0.3 is 21.1 Å². The maximum Gasteiger partial charge on any atom is 0.103 e. The van der Waals surface area contributed by atoms with Crippen molar-refractivity contribution in [2.45, 2.75) is 56.8 Å². The molecule has 1 rings (SSSR count). The number of aliphatic hydroxyl groups excluding tert-OH is 3. The Morgan fingerprint density at radius 2 is 1.67 bits per heavy atom. The molecule has 0 amide bonds. The Morgan fingerprint density at radius 1 is 1.07 bits per heavy atom. The van der Waals surface area contributed by atoms with E-state index in [1.165, 1.54) is 19.3 Å². The molecule has 0 aromatic carbocycles. The molecule has 3 unspecified atom stereocenters. The summed E-state index contributed by atoms with van der Waals surface area (Å²) in [4.78, 5) is 0. The molecule has 5 N–H and O–H groups in total. The molecule has 0 aromatic rings. The van der Waals surface area contributed by atoms with Crippen LogP contribution in [0.1, 0.15) is 38.5 Å². The van der Waals surface area contributed by atoms with E-state index in [0.29, 0.717) is 12.3 Å². The molecule has 0 aromatic heterocycles. The van der Waals surface area contributed by atoms with Gasteiger partial charge in [-0.15, -0.1) is 0 Å². The van der Waals surface area contributed by atoms with Gasteiger partial charge in [-0.05, 0) is 25.2 Å². The van der Waals surface area contributed by atoms with E-state index >= 15 is 0 Å². The van der Waals surface area contributed by atoms with Crippen molar-refractivity contribution in [3.63, 3.8) is 0 Å². The highest BCUT2D eigenvalue weighted by Crippen LogP contribution is 2.27. The number of aliphatic hydroxyl groups is 3. The fourth-order valence-electron chi connectivity index (χ4n) is 2.31. The van der Waals surface area contributed by atoms with Crippen LogP contribution in [0.25, 0.3) is 0 Å². The maximum absolute atomic E-state index is 9.53. The molecule has 0 heterocycles. The van der Waals surface area contributed by atoms with E-state index in [1.54, 1.807) is 0 Å². The summed E-state index contributed by atoms with van der Waals surface area (Å²) in [7, 11) is 0. The van der Waals surface area contributed by atoms with Crippen LogP contribution < -0.4 is 5.73 Å². The van der Waals surface area contributed by atoms with Crippen LogP contribution in [0.2, 0.25) is 0 Å². The third kappa shape index (κ3) is 4.07. The number of nitrogens with two attached hydrogens (primary N) is 1. The van der Waals surface area contributed by atoms with Crippen LogP contribution in [0, 0.1) is 5.92 Å². The van der Waals surface area contributed by atoms with Crippen LogP contribution in [-0.2, 0) is 0 Å². The van der Waals surface area contributed by atoms with Gasteiger partial charge in [0.05, 0.1) is 12.7 Å². The van der Waals surface area contributed by atoms with Gasteiger partial charge in [0.2, 0.25) is 0 Å². The van der Waals surface area contributed by atoms with Crippen molar-refractivity contribution in [1.29, 1.82) is 0 Å². The van der Waals surface area contributed by atoms with Crippen molar-refractivity contribution in [2.24, 2.45) is 11.7 Å². The second-order valence-corrected chi connectivity index (χ2v) is 4.61. The van der Waals surface area contributed by atoms with Crippen molar-refractivity contribution in [3.05, 3.63) is 0 Å². The smallest absolute Gasteiger partial charge is 0.103 e. The topological polar surface area (TPSA) is 86.7 Å². The minimum Gasteiger partial charge on any atom is -0.394 e. The van der Waals surface area contributed by atoms with Crippen molar-refractivity contribution in [1.82, 2.24) is 0 Å². The first-order chi connectivity index (χ1) is 7.15. The van der Waals surface area contributed by atoms with Gasteiger partial charge in [-0.3, -0.25) is 0 Å². The normalized spacial score (nSPS) is 24.8. The molecule has 4 heteroatoms. The Labute approximate surface area is 91.1 Å². The van der Waals surface area contributed by atoms with Crippen molar-refractivity contribution >= 4 is 0 Å². The van der Waals surface area contributed by atoms with Crippen LogP contribution in [0.5, 0.6) is 0 Å². The zero-order chi connectivity index (χ0) is 11.3. The fourth-order valence-corrected chi connectivity index (χ4v) is 2.31. The summed E-state index contributed by atoms with van der Waals surface area (Å²) >= 11 is 0. The van der Waals surface area contributed by atoms with E-state index in [4.69, 9.17) is 10.8 Å². The highest BCUT2D eigenvalue weighted by Gasteiger charge is 2.25. The van der Waals surface area contributed by atoms with Crippen molar-refractivity contribution in [2.75, 3.05) is 6.61 Å². The summed E-state index contributed by atoms with van der Waals surface area (Å²) in [6.07, 6.45) is 4.41.